The lowest BCUT2D eigenvalue weighted by molar-refractivity contribution is 0.0993. The minimum atomic E-state index is -3.05. The van der Waals surface area contributed by atoms with E-state index < -0.39 is 31.5 Å². The maximum Gasteiger partial charge on any atom is 0.250 e. The Labute approximate surface area is 335 Å². The fraction of sp³-hybridized carbons (Fsp3) is 0.381. The van der Waals surface area contributed by atoms with Crippen molar-refractivity contribution >= 4 is 76.0 Å². The Balaban J connectivity index is 0.000000172. The van der Waals surface area contributed by atoms with Crippen molar-refractivity contribution in [3.8, 4) is 22.3 Å². The summed E-state index contributed by atoms with van der Waals surface area (Å²) < 4.78 is 49.9. The average molecular weight is 833 g/mol. The molecular formula is C42H48N4O6S4. The molecule has 6 heterocycles. The lowest BCUT2D eigenvalue weighted by atomic mass is 9.87. The molecule has 6 N–H and O–H groups in total. The minimum Gasteiger partial charge on any atom is -0.366 e. The molecule has 0 radical (unpaired) electrons. The maximum absolute atomic E-state index is 12.5. The van der Waals surface area contributed by atoms with E-state index >= 15 is 0 Å². The van der Waals surface area contributed by atoms with Crippen LogP contribution in [0.3, 0.4) is 0 Å². The third-order valence-electron chi connectivity index (χ3n) is 11.7. The first kappa shape index (κ1) is 40.0. The van der Waals surface area contributed by atoms with Crippen molar-refractivity contribution in [3.05, 3.63) is 92.6 Å². The van der Waals surface area contributed by atoms with Crippen molar-refractivity contribution in [2.75, 3.05) is 11.5 Å². The van der Waals surface area contributed by atoms with Crippen molar-refractivity contribution in [3.63, 3.8) is 0 Å². The van der Waals surface area contributed by atoms with E-state index in [1.807, 2.05) is 85.9 Å². The highest BCUT2D eigenvalue weighted by atomic mass is 32.2. The number of benzene rings is 2. The standard InChI is InChI=1S/2C21H24N2O3S2/c2*1-12(2)19-9-13(4-6-28(19,25)26)18-10-23-20-16(18)7-15(8-17(20)21(22)24)14-3-5-27-11-14/h2*3,5,7-8,10-13,19,23H,4,6,9H2,1-2H3,(H2,22,24)/t2*13-,19-/m10/s1. The Bertz CT molecular complexity index is 2440. The molecular weight excluding hydrogens is 785 g/mol. The van der Waals surface area contributed by atoms with Gasteiger partial charge in [-0.05, 0) is 141 Å². The molecule has 2 aliphatic heterocycles. The van der Waals surface area contributed by atoms with E-state index in [0.717, 1.165) is 55.2 Å². The second-order valence-electron chi connectivity index (χ2n) is 15.9. The second-order valence-corrected chi connectivity index (χ2v) is 22.1. The van der Waals surface area contributed by atoms with Crippen LogP contribution in [0.4, 0.5) is 0 Å². The summed E-state index contributed by atoms with van der Waals surface area (Å²) in [6, 6.07) is 11.9. The first-order valence-corrected chi connectivity index (χ1v) is 24.2. The number of rotatable bonds is 8. The number of carbonyl (C=O) groups excluding carboxylic acids is 2. The molecule has 2 aliphatic rings. The number of amides is 2. The predicted octanol–water partition coefficient (Wildman–Crippen LogP) is 8.62. The van der Waals surface area contributed by atoms with E-state index in [1.165, 1.54) is 0 Å². The largest absolute Gasteiger partial charge is 0.366 e. The van der Waals surface area contributed by atoms with Crippen molar-refractivity contribution in [1.29, 1.82) is 0 Å². The summed E-state index contributed by atoms with van der Waals surface area (Å²) in [4.78, 5) is 30.6. The van der Waals surface area contributed by atoms with Crippen molar-refractivity contribution < 1.29 is 26.4 Å². The molecule has 4 atom stereocenters. The Hall–Kier alpha value is -4.24. The molecule has 0 saturated carbocycles. The van der Waals surface area contributed by atoms with Crippen LogP contribution in [0.5, 0.6) is 0 Å². The van der Waals surface area contributed by atoms with Crippen LogP contribution in [0.25, 0.3) is 44.1 Å². The number of aromatic amines is 2. The molecule has 6 aromatic rings. The highest BCUT2D eigenvalue weighted by Gasteiger charge is 2.38. The smallest absolute Gasteiger partial charge is 0.250 e. The van der Waals surface area contributed by atoms with Gasteiger partial charge in [0.2, 0.25) is 0 Å². The zero-order valence-electron chi connectivity index (χ0n) is 31.9. The van der Waals surface area contributed by atoms with Gasteiger partial charge in [-0.25, -0.2) is 16.8 Å². The summed E-state index contributed by atoms with van der Waals surface area (Å²) in [5.41, 5.74) is 19.9. The van der Waals surface area contributed by atoms with Crippen molar-refractivity contribution in [2.45, 2.75) is 75.7 Å². The number of primary amides is 2. The number of H-pyrrole nitrogens is 2. The van der Waals surface area contributed by atoms with Gasteiger partial charge in [-0.1, -0.05) is 27.7 Å². The van der Waals surface area contributed by atoms with Crippen LogP contribution >= 0.6 is 22.7 Å². The number of hydrogen-bond donors (Lipinski definition) is 4. The van der Waals surface area contributed by atoms with E-state index in [9.17, 15) is 26.4 Å². The monoisotopic (exact) mass is 832 g/mol. The number of sulfone groups is 2. The van der Waals surface area contributed by atoms with E-state index in [0.29, 0.717) is 36.8 Å². The molecule has 296 valence electrons. The summed E-state index contributed by atoms with van der Waals surface area (Å²) >= 11 is 3.20. The van der Waals surface area contributed by atoms with Crippen LogP contribution in [0.15, 0.2) is 70.3 Å². The minimum absolute atomic E-state index is 0.0838. The van der Waals surface area contributed by atoms with Crippen LogP contribution in [-0.4, -0.2) is 60.6 Å². The van der Waals surface area contributed by atoms with E-state index in [2.05, 4.69) is 22.1 Å². The number of aromatic nitrogens is 2. The average Bonchev–Trinajstić information content (AvgIpc) is 3.98. The van der Waals surface area contributed by atoms with E-state index in [1.54, 1.807) is 22.7 Å². The molecule has 0 spiro atoms. The molecule has 8 rings (SSSR count). The number of hydrogen-bond acceptors (Lipinski definition) is 8. The molecule has 0 bridgehead atoms. The zero-order valence-corrected chi connectivity index (χ0v) is 35.1. The SMILES string of the molecule is CC(C)[C@@H]1C[C@@H](c2c[nH]c3c(C(N)=O)cc(-c4ccsc4)cc23)CCS1(=O)=O.CC(C)[C@H]1C[C@H](c2c[nH]c3c(C(N)=O)cc(-c4ccsc4)cc23)CCS1(=O)=O. The lowest BCUT2D eigenvalue weighted by Crippen LogP contribution is -2.35. The van der Waals surface area contributed by atoms with Gasteiger partial charge >= 0.3 is 0 Å². The van der Waals surface area contributed by atoms with Gasteiger partial charge in [0.25, 0.3) is 11.8 Å². The molecule has 2 saturated heterocycles. The fourth-order valence-electron chi connectivity index (χ4n) is 8.71. The molecule has 14 heteroatoms. The Kier molecular flexibility index (Phi) is 11.1. The third-order valence-corrected chi connectivity index (χ3v) is 18.0. The van der Waals surface area contributed by atoms with Crippen LogP contribution in [0, 0.1) is 11.8 Å². The number of nitrogens with one attached hydrogen (secondary N) is 2. The van der Waals surface area contributed by atoms with Crippen LogP contribution < -0.4 is 11.5 Å². The first-order valence-electron chi connectivity index (χ1n) is 18.9. The summed E-state index contributed by atoms with van der Waals surface area (Å²) in [7, 11) is -6.10. The van der Waals surface area contributed by atoms with Gasteiger partial charge in [0.1, 0.15) is 0 Å². The van der Waals surface area contributed by atoms with E-state index in [4.69, 9.17) is 11.5 Å². The normalized spacial score (nSPS) is 22.0. The quantitative estimate of drug-likeness (QED) is 0.119. The molecule has 2 aromatic carbocycles. The second kappa shape index (κ2) is 15.6. The lowest BCUT2D eigenvalue weighted by Gasteiger charge is -2.31. The van der Waals surface area contributed by atoms with Gasteiger partial charge in [-0.15, -0.1) is 0 Å². The van der Waals surface area contributed by atoms with Gasteiger partial charge in [0, 0.05) is 23.2 Å². The number of nitrogens with two attached hydrogens (primary N) is 2. The van der Waals surface area contributed by atoms with Crippen LogP contribution in [-0.2, 0) is 19.7 Å². The van der Waals surface area contributed by atoms with Gasteiger partial charge in [0.05, 0.1) is 44.2 Å². The molecule has 0 aliphatic carbocycles. The highest BCUT2D eigenvalue weighted by molar-refractivity contribution is 7.92. The Morgan fingerprint density at radius 1 is 0.643 bits per heavy atom. The highest BCUT2D eigenvalue weighted by Crippen LogP contribution is 2.42. The van der Waals surface area contributed by atoms with Crippen LogP contribution in [0.2, 0.25) is 0 Å². The maximum atomic E-state index is 12.5. The molecule has 56 heavy (non-hydrogen) atoms. The zero-order chi connectivity index (χ0) is 40.1. The van der Waals surface area contributed by atoms with E-state index in [-0.39, 0.29) is 45.7 Å². The molecule has 2 fully saturated rings. The number of carbonyl (C=O) groups is 2. The van der Waals surface area contributed by atoms with Gasteiger partial charge in [-0.3, -0.25) is 9.59 Å². The van der Waals surface area contributed by atoms with Gasteiger partial charge in [0.15, 0.2) is 19.7 Å². The molecule has 2 amide bonds. The van der Waals surface area contributed by atoms with Gasteiger partial charge in [-0.2, -0.15) is 22.7 Å². The molecule has 10 nitrogen and oxygen atoms in total. The van der Waals surface area contributed by atoms with Gasteiger partial charge < -0.3 is 21.4 Å². The summed E-state index contributed by atoms with van der Waals surface area (Å²) in [6.07, 6.45) is 6.28. The Morgan fingerprint density at radius 2 is 1.04 bits per heavy atom. The fourth-order valence-corrected chi connectivity index (χ4v) is 14.6. The third kappa shape index (κ3) is 7.72. The summed E-state index contributed by atoms with van der Waals surface area (Å²) in [6.45, 7) is 7.89. The first-order chi connectivity index (χ1) is 26.6. The molecule has 0 unspecified atom stereocenters. The molecule has 4 aromatic heterocycles. The topological polar surface area (TPSA) is 186 Å². The van der Waals surface area contributed by atoms with Crippen LogP contribution in [0.1, 0.15) is 97.1 Å². The summed E-state index contributed by atoms with van der Waals surface area (Å²) in [5, 5.41) is 9.36. The van der Waals surface area contributed by atoms with Crippen molar-refractivity contribution in [1.82, 2.24) is 9.97 Å². The predicted molar refractivity (Wildman–Crippen MR) is 229 cm³/mol. The Morgan fingerprint density at radius 3 is 1.36 bits per heavy atom. The van der Waals surface area contributed by atoms with Crippen molar-refractivity contribution in [2.24, 2.45) is 23.3 Å². The number of fused-ring (bicyclic) bond motifs is 2. The number of thiophene rings is 2. The summed E-state index contributed by atoms with van der Waals surface area (Å²) in [5.74, 6) is -0.0731.